The van der Waals surface area contributed by atoms with Crippen molar-refractivity contribution in [2.45, 2.75) is 13.2 Å². The number of rotatable bonds is 4. The first kappa shape index (κ1) is 15.1. The molecule has 1 saturated heterocycles. The predicted molar refractivity (Wildman–Crippen MR) is 78.6 cm³/mol. The summed E-state index contributed by atoms with van der Waals surface area (Å²) in [6.07, 6.45) is 4.48. The van der Waals surface area contributed by atoms with Gasteiger partial charge in [0.05, 0.1) is 32.8 Å². The zero-order chi connectivity index (χ0) is 15.7. The van der Waals surface area contributed by atoms with Crippen molar-refractivity contribution < 1.29 is 23.7 Å². The number of carbonyl (C=O) groups excluding carboxylic acids is 1. The normalized spacial score (nSPS) is 31.9. The lowest BCUT2D eigenvalue weighted by Gasteiger charge is -2.31. The van der Waals surface area contributed by atoms with Crippen LogP contribution in [0.1, 0.15) is 6.92 Å². The molecule has 1 fully saturated rings. The molecule has 1 aliphatic carbocycles. The molecule has 0 N–H and O–H groups in total. The molecule has 0 bridgehead atoms. The molecule has 0 amide bonds. The molecule has 0 aromatic heterocycles. The fourth-order valence-corrected chi connectivity index (χ4v) is 3.02. The summed E-state index contributed by atoms with van der Waals surface area (Å²) in [5.74, 6) is 1.64. The summed E-state index contributed by atoms with van der Waals surface area (Å²) in [7, 11) is 3.13. The van der Waals surface area contributed by atoms with Gasteiger partial charge in [0.1, 0.15) is 6.29 Å². The standard InChI is InChI=1S/C16H21NO5/c1-16(10-18)9-12(19-2)15(20-3)14-11(16)8-13(22-14)17-4-6-21-7-5-17/h8-10,13H,4-7H2,1-3H3. The molecule has 0 spiro atoms. The average molecular weight is 307 g/mol. The Morgan fingerprint density at radius 2 is 2.05 bits per heavy atom. The van der Waals surface area contributed by atoms with Crippen molar-refractivity contribution in [2.75, 3.05) is 40.5 Å². The Bertz CT molecular complexity index is 559. The lowest BCUT2D eigenvalue weighted by molar-refractivity contribution is -0.112. The molecule has 6 nitrogen and oxygen atoms in total. The number of methoxy groups -OCH3 is 2. The van der Waals surface area contributed by atoms with Gasteiger partial charge in [-0.25, -0.2) is 0 Å². The number of fused-ring (bicyclic) bond motifs is 1. The summed E-state index contributed by atoms with van der Waals surface area (Å²) >= 11 is 0. The van der Waals surface area contributed by atoms with Gasteiger partial charge in [0.25, 0.3) is 0 Å². The third-order valence-corrected chi connectivity index (χ3v) is 4.31. The highest BCUT2D eigenvalue weighted by atomic mass is 16.6. The maximum atomic E-state index is 11.7. The van der Waals surface area contributed by atoms with Crippen LogP contribution in [0.15, 0.2) is 35.0 Å². The van der Waals surface area contributed by atoms with Crippen molar-refractivity contribution in [3.8, 4) is 0 Å². The molecule has 2 unspecified atom stereocenters. The Hall–Kier alpha value is -1.79. The van der Waals surface area contributed by atoms with Crippen LogP contribution in [0.25, 0.3) is 0 Å². The van der Waals surface area contributed by atoms with Crippen LogP contribution >= 0.6 is 0 Å². The summed E-state index contributed by atoms with van der Waals surface area (Å²) in [5.41, 5.74) is 0.0562. The fourth-order valence-electron chi connectivity index (χ4n) is 3.02. The molecule has 0 aromatic rings. The number of nitrogens with zero attached hydrogens (tertiary/aromatic N) is 1. The Kier molecular flexibility index (Phi) is 3.97. The SMILES string of the molecule is COC1=CC(C)(C=O)C2=CC(N3CCOCC3)OC2=C1OC. The van der Waals surface area contributed by atoms with Gasteiger partial charge >= 0.3 is 0 Å². The van der Waals surface area contributed by atoms with E-state index >= 15 is 0 Å². The highest BCUT2D eigenvalue weighted by molar-refractivity contribution is 5.74. The van der Waals surface area contributed by atoms with E-state index in [4.69, 9.17) is 18.9 Å². The van der Waals surface area contributed by atoms with E-state index in [-0.39, 0.29) is 6.23 Å². The van der Waals surface area contributed by atoms with Crippen LogP contribution in [-0.4, -0.2) is 57.9 Å². The first-order valence-corrected chi connectivity index (χ1v) is 7.36. The van der Waals surface area contributed by atoms with Crippen molar-refractivity contribution in [3.63, 3.8) is 0 Å². The Labute approximate surface area is 130 Å². The second kappa shape index (κ2) is 5.78. The van der Waals surface area contributed by atoms with E-state index in [2.05, 4.69) is 4.90 Å². The fraction of sp³-hybridized carbons (Fsp3) is 0.562. The zero-order valence-corrected chi connectivity index (χ0v) is 13.1. The lowest BCUT2D eigenvalue weighted by Crippen LogP contribution is -2.42. The predicted octanol–water partition coefficient (Wildman–Crippen LogP) is 1.21. The molecule has 120 valence electrons. The number of aldehydes is 1. The number of morpholine rings is 1. The van der Waals surface area contributed by atoms with Crippen LogP contribution < -0.4 is 0 Å². The first-order valence-electron chi connectivity index (χ1n) is 7.36. The van der Waals surface area contributed by atoms with Gasteiger partial charge in [-0.15, -0.1) is 0 Å². The molecular weight excluding hydrogens is 286 g/mol. The van der Waals surface area contributed by atoms with Gasteiger partial charge in [-0.3, -0.25) is 4.90 Å². The van der Waals surface area contributed by atoms with Gasteiger partial charge in [0, 0.05) is 18.7 Å². The molecule has 6 heteroatoms. The van der Waals surface area contributed by atoms with E-state index in [1.54, 1.807) is 20.3 Å². The molecule has 0 aromatic carbocycles. The van der Waals surface area contributed by atoms with E-state index in [1.165, 1.54) is 0 Å². The maximum Gasteiger partial charge on any atom is 0.203 e. The third kappa shape index (κ3) is 2.32. The van der Waals surface area contributed by atoms with Gasteiger partial charge in [-0.1, -0.05) is 0 Å². The molecular formula is C16H21NO5. The molecule has 2 atom stereocenters. The van der Waals surface area contributed by atoms with Crippen LogP contribution in [0.3, 0.4) is 0 Å². The quantitative estimate of drug-likeness (QED) is 0.728. The first-order chi connectivity index (χ1) is 10.6. The number of hydrogen-bond acceptors (Lipinski definition) is 6. The largest absolute Gasteiger partial charge is 0.493 e. The highest BCUT2D eigenvalue weighted by Gasteiger charge is 2.44. The smallest absolute Gasteiger partial charge is 0.203 e. The Morgan fingerprint density at radius 1 is 1.32 bits per heavy atom. The maximum absolute atomic E-state index is 11.7. The summed E-state index contributed by atoms with van der Waals surface area (Å²) in [6, 6.07) is 0. The second-order valence-corrected chi connectivity index (χ2v) is 5.71. The van der Waals surface area contributed by atoms with Crippen LogP contribution in [0.5, 0.6) is 0 Å². The van der Waals surface area contributed by atoms with Crippen LogP contribution in [0.2, 0.25) is 0 Å². The molecule has 22 heavy (non-hydrogen) atoms. The molecule has 3 rings (SSSR count). The van der Waals surface area contributed by atoms with E-state index in [0.29, 0.717) is 30.5 Å². The minimum atomic E-state index is -0.774. The van der Waals surface area contributed by atoms with Gasteiger partial charge in [-0.05, 0) is 19.1 Å². The van der Waals surface area contributed by atoms with Crippen LogP contribution in [0.4, 0.5) is 0 Å². The number of allylic oxidation sites excluding steroid dienone is 2. The Morgan fingerprint density at radius 3 is 2.64 bits per heavy atom. The van der Waals surface area contributed by atoms with Crippen molar-refractivity contribution in [1.82, 2.24) is 4.90 Å². The van der Waals surface area contributed by atoms with Crippen molar-refractivity contribution in [1.29, 1.82) is 0 Å². The van der Waals surface area contributed by atoms with E-state index < -0.39 is 5.41 Å². The summed E-state index contributed by atoms with van der Waals surface area (Å²) < 4.78 is 22.3. The minimum absolute atomic E-state index is 0.206. The van der Waals surface area contributed by atoms with E-state index in [9.17, 15) is 4.79 Å². The summed E-state index contributed by atoms with van der Waals surface area (Å²) in [5, 5.41) is 0. The van der Waals surface area contributed by atoms with Crippen molar-refractivity contribution >= 4 is 6.29 Å². The van der Waals surface area contributed by atoms with Crippen molar-refractivity contribution in [3.05, 3.63) is 35.0 Å². The van der Waals surface area contributed by atoms with Crippen LogP contribution in [0, 0.1) is 5.41 Å². The molecule has 0 saturated carbocycles. The number of hydrogen-bond donors (Lipinski definition) is 0. The highest BCUT2D eigenvalue weighted by Crippen LogP contribution is 2.46. The zero-order valence-electron chi connectivity index (χ0n) is 13.1. The average Bonchev–Trinajstić information content (AvgIpc) is 3.01. The van der Waals surface area contributed by atoms with Crippen molar-refractivity contribution in [2.24, 2.45) is 5.41 Å². The summed E-state index contributed by atoms with van der Waals surface area (Å²) in [4.78, 5) is 13.9. The topological polar surface area (TPSA) is 57.2 Å². The third-order valence-electron chi connectivity index (χ3n) is 4.31. The monoisotopic (exact) mass is 307 g/mol. The molecule has 2 heterocycles. The van der Waals surface area contributed by atoms with Gasteiger partial charge in [0.2, 0.25) is 5.76 Å². The molecule has 3 aliphatic rings. The van der Waals surface area contributed by atoms with E-state index in [1.807, 2.05) is 13.0 Å². The van der Waals surface area contributed by atoms with Gasteiger partial charge in [0.15, 0.2) is 17.7 Å². The molecule has 2 aliphatic heterocycles. The van der Waals surface area contributed by atoms with E-state index in [0.717, 1.165) is 24.9 Å². The summed E-state index contributed by atoms with van der Waals surface area (Å²) in [6.45, 7) is 4.82. The molecule has 0 radical (unpaired) electrons. The number of ether oxygens (including phenoxy) is 4. The minimum Gasteiger partial charge on any atom is -0.493 e. The Balaban J connectivity index is 1.98. The van der Waals surface area contributed by atoms with Gasteiger partial charge < -0.3 is 23.7 Å². The number of carbonyl (C=O) groups is 1. The second-order valence-electron chi connectivity index (χ2n) is 5.71. The lowest BCUT2D eigenvalue weighted by atomic mass is 9.78. The van der Waals surface area contributed by atoms with Crippen LogP contribution in [-0.2, 0) is 23.7 Å². The van der Waals surface area contributed by atoms with Gasteiger partial charge in [-0.2, -0.15) is 0 Å².